The lowest BCUT2D eigenvalue weighted by atomic mass is 10.3. The fourth-order valence-electron chi connectivity index (χ4n) is 1.03. The van der Waals surface area contributed by atoms with Gasteiger partial charge in [-0.15, -0.1) is 5.10 Å². The van der Waals surface area contributed by atoms with Crippen LogP contribution >= 0.6 is 0 Å². The smallest absolute Gasteiger partial charge is 0.166 e. The second-order valence-electron chi connectivity index (χ2n) is 2.54. The Morgan fingerprint density at radius 2 is 2.08 bits per heavy atom. The van der Waals surface area contributed by atoms with Crippen LogP contribution in [0.3, 0.4) is 0 Å². The molecule has 66 valence electrons. The Morgan fingerprint density at radius 3 is 2.69 bits per heavy atom. The molecule has 1 heterocycles. The Labute approximate surface area is 73.8 Å². The third-order valence-electron chi connectivity index (χ3n) is 1.61. The first-order valence-electron chi connectivity index (χ1n) is 3.70. The van der Waals surface area contributed by atoms with Gasteiger partial charge >= 0.3 is 0 Å². The Morgan fingerprint density at radius 1 is 1.31 bits per heavy atom. The summed E-state index contributed by atoms with van der Waals surface area (Å²) in [5.41, 5.74) is 5.69. The summed E-state index contributed by atoms with van der Waals surface area (Å²) < 4.78 is 14.5. The van der Waals surface area contributed by atoms with Crippen molar-refractivity contribution in [3.05, 3.63) is 36.3 Å². The van der Waals surface area contributed by atoms with Crippen molar-refractivity contribution >= 4 is 5.82 Å². The number of nitrogens with two attached hydrogens (primary N) is 1. The average Bonchev–Trinajstić information content (AvgIpc) is 2.53. The third-order valence-corrected chi connectivity index (χ3v) is 1.61. The molecular formula is C8H7FN4. The second-order valence-corrected chi connectivity index (χ2v) is 2.54. The highest BCUT2D eigenvalue weighted by atomic mass is 19.1. The Kier molecular flexibility index (Phi) is 1.70. The van der Waals surface area contributed by atoms with Crippen LogP contribution in [-0.2, 0) is 0 Å². The lowest BCUT2D eigenvalue weighted by molar-refractivity contribution is 0.607. The molecular weight excluding hydrogens is 171 g/mol. The van der Waals surface area contributed by atoms with E-state index in [4.69, 9.17) is 5.73 Å². The second kappa shape index (κ2) is 2.85. The largest absolute Gasteiger partial charge is 0.381 e. The molecule has 0 unspecified atom stereocenters. The van der Waals surface area contributed by atoms with Gasteiger partial charge in [-0.3, -0.25) is 0 Å². The van der Waals surface area contributed by atoms with E-state index in [-0.39, 0.29) is 11.6 Å². The molecule has 5 heteroatoms. The van der Waals surface area contributed by atoms with Crippen molar-refractivity contribution in [1.29, 1.82) is 0 Å². The van der Waals surface area contributed by atoms with Gasteiger partial charge in [0.1, 0.15) is 11.5 Å². The van der Waals surface area contributed by atoms with E-state index >= 15 is 0 Å². The molecule has 0 radical (unpaired) electrons. The van der Waals surface area contributed by atoms with Crippen LogP contribution in [0.5, 0.6) is 0 Å². The highest BCUT2D eigenvalue weighted by molar-refractivity contribution is 5.34. The molecule has 0 aliphatic heterocycles. The van der Waals surface area contributed by atoms with Crippen molar-refractivity contribution in [2.45, 2.75) is 0 Å². The number of para-hydroxylation sites is 1. The molecule has 4 nitrogen and oxygen atoms in total. The Balaban J connectivity index is 2.52. The minimum Gasteiger partial charge on any atom is -0.381 e. The van der Waals surface area contributed by atoms with Crippen molar-refractivity contribution in [3.63, 3.8) is 0 Å². The minimum absolute atomic E-state index is 0.267. The van der Waals surface area contributed by atoms with Crippen molar-refractivity contribution < 1.29 is 4.39 Å². The molecule has 13 heavy (non-hydrogen) atoms. The molecule has 1 aromatic carbocycles. The van der Waals surface area contributed by atoms with Crippen LogP contribution in [0, 0.1) is 5.82 Å². The zero-order chi connectivity index (χ0) is 9.26. The number of halogens is 1. The first kappa shape index (κ1) is 7.72. The van der Waals surface area contributed by atoms with Gasteiger partial charge in [-0.2, -0.15) is 0 Å². The Bertz CT molecular complexity index is 424. The van der Waals surface area contributed by atoms with Gasteiger partial charge in [-0.1, -0.05) is 17.3 Å². The summed E-state index contributed by atoms with van der Waals surface area (Å²) in [6.07, 6.45) is 1.46. The average molecular weight is 178 g/mol. The molecule has 0 spiro atoms. The number of nitrogens with zero attached hydrogens (tertiary/aromatic N) is 3. The number of hydrogen-bond acceptors (Lipinski definition) is 3. The van der Waals surface area contributed by atoms with Gasteiger partial charge < -0.3 is 5.73 Å². The molecule has 0 aliphatic rings. The lowest BCUT2D eigenvalue weighted by Crippen LogP contribution is -1.97. The third kappa shape index (κ3) is 1.35. The number of hydrogen-bond donors (Lipinski definition) is 1. The van der Waals surface area contributed by atoms with Crippen LogP contribution in [0.1, 0.15) is 0 Å². The van der Waals surface area contributed by atoms with Gasteiger partial charge in [0.25, 0.3) is 0 Å². The minimum atomic E-state index is -0.354. The van der Waals surface area contributed by atoms with Crippen LogP contribution in [0.2, 0.25) is 0 Å². The summed E-state index contributed by atoms with van der Waals surface area (Å²) in [7, 11) is 0. The first-order valence-corrected chi connectivity index (χ1v) is 3.70. The maximum atomic E-state index is 13.2. The van der Waals surface area contributed by atoms with Gasteiger partial charge in [0, 0.05) is 0 Å². The monoisotopic (exact) mass is 178 g/mol. The van der Waals surface area contributed by atoms with E-state index in [1.54, 1.807) is 18.2 Å². The fourth-order valence-corrected chi connectivity index (χ4v) is 1.03. The van der Waals surface area contributed by atoms with E-state index in [1.807, 2.05) is 0 Å². The molecule has 0 amide bonds. The van der Waals surface area contributed by atoms with E-state index in [9.17, 15) is 4.39 Å². The van der Waals surface area contributed by atoms with E-state index in [0.717, 1.165) is 0 Å². The normalized spacial score (nSPS) is 10.2. The van der Waals surface area contributed by atoms with E-state index in [1.165, 1.54) is 16.9 Å². The quantitative estimate of drug-likeness (QED) is 0.708. The number of rotatable bonds is 1. The zero-order valence-corrected chi connectivity index (χ0v) is 6.68. The van der Waals surface area contributed by atoms with Crippen molar-refractivity contribution in [2.24, 2.45) is 0 Å². The van der Waals surface area contributed by atoms with E-state index < -0.39 is 0 Å². The predicted octanol–water partition coefficient (Wildman–Crippen LogP) is 0.989. The van der Waals surface area contributed by atoms with Gasteiger partial charge in [-0.25, -0.2) is 9.07 Å². The number of nitrogen functional groups attached to an aromatic ring is 1. The summed E-state index contributed by atoms with van der Waals surface area (Å²) in [4.78, 5) is 0. The molecule has 0 saturated heterocycles. The maximum absolute atomic E-state index is 13.2. The molecule has 0 aliphatic carbocycles. The van der Waals surface area contributed by atoms with Crippen LogP contribution in [0.15, 0.2) is 30.5 Å². The van der Waals surface area contributed by atoms with Crippen LogP contribution < -0.4 is 5.73 Å². The summed E-state index contributed by atoms with van der Waals surface area (Å²) in [5.74, 6) is -0.0874. The summed E-state index contributed by atoms with van der Waals surface area (Å²) in [6.45, 7) is 0. The van der Waals surface area contributed by atoms with Crippen LogP contribution in [0.4, 0.5) is 10.2 Å². The molecule has 0 bridgehead atoms. The van der Waals surface area contributed by atoms with Gasteiger partial charge in [-0.05, 0) is 12.1 Å². The maximum Gasteiger partial charge on any atom is 0.166 e. The van der Waals surface area contributed by atoms with E-state index in [0.29, 0.717) is 5.69 Å². The number of aromatic nitrogens is 3. The standard InChI is InChI=1S/C8H7FN4/c9-6-3-1-2-4-7(6)13-5-8(10)11-12-13/h1-5H,10H2. The Hall–Kier alpha value is -1.91. The predicted molar refractivity (Wildman–Crippen MR) is 45.7 cm³/mol. The van der Waals surface area contributed by atoms with Crippen LogP contribution in [0.25, 0.3) is 5.69 Å². The molecule has 2 rings (SSSR count). The molecule has 0 fully saturated rings. The first-order chi connectivity index (χ1) is 6.27. The van der Waals surface area contributed by atoms with Gasteiger partial charge in [0.2, 0.25) is 0 Å². The highest BCUT2D eigenvalue weighted by Gasteiger charge is 2.04. The van der Waals surface area contributed by atoms with Gasteiger partial charge in [0.15, 0.2) is 5.82 Å². The zero-order valence-electron chi connectivity index (χ0n) is 6.68. The molecule has 2 aromatic rings. The van der Waals surface area contributed by atoms with Crippen molar-refractivity contribution in [3.8, 4) is 5.69 Å². The van der Waals surface area contributed by atoms with Crippen molar-refractivity contribution in [2.75, 3.05) is 5.73 Å². The summed E-state index contributed by atoms with van der Waals surface area (Å²) in [6, 6.07) is 6.28. The molecule has 0 atom stereocenters. The SMILES string of the molecule is Nc1cn(-c2ccccc2F)nn1. The van der Waals surface area contributed by atoms with Gasteiger partial charge in [0.05, 0.1) is 6.20 Å². The summed E-state index contributed by atoms with van der Waals surface area (Å²) in [5, 5.41) is 7.21. The highest BCUT2D eigenvalue weighted by Crippen LogP contribution is 2.11. The fraction of sp³-hybridized carbons (Fsp3) is 0. The number of benzene rings is 1. The lowest BCUT2D eigenvalue weighted by Gasteiger charge is -1.99. The summed E-state index contributed by atoms with van der Waals surface area (Å²) >= 11 is 0. The number of anilines is 1. The van der Waals surface area contributed by atoms with Crippen molar-refractivity contribution in [1.82, 2.24) is 15.0 Å². The van der Waals surface area contributed by atoms with Crippen LogP contribution in [-0.4, -0.2) is 15.0 Å². The molecule has 1 aromatic heterocycles. The van der Waals surface area contributed by atoms with E-state index in [2.05, 4.69) is 10.3 Å². The molecule has 0 saturated carbocycles. The topological polar surface area (TPSA) is 56.7 Å². The molecule has 2 N–H and O–H groups in total.